The van der Waals surface area contributed by atoms with Gasteiger partial charge >= 0.3 is 0 Å². The maximum Gasteiger partial charge on any atom is 0.0965 e. The molecule has 3 N–H and O–H groups in total. The lowest BCUT2D eigenvalue weighted by Gasteiger charge is -1.97. The number of amidine groups is 1. The summed E-state index contributed by atoms with van der Waals surface area (Å²) >= 11 is 0. The molecule has 0 saturated heterocycles. The minimum atomic E-state index is 0.155. The topological polar surface area (TPSA) is 67.7 Å². The van der Waals surface area contributed by atoms with Crippen LogP contribution in [0, 0.1) is 5.41 Å². The Morgan fingerprint density at radius 2 is 2.06 bits per heavy atom. The van der Waals surface area contributed by atoms with Crippen LogP contribution in [0.5, 0.6) is 0 Å². The summed E-state index contributed by atoms with van der Waals surface area (Å²) in [5, 5.41) is 11.7. The van der Waals surface area contributed by atoms with E-state index in [4.69, 9.17) is 11.1 Å². The largest absolute Gasteiger partial charge is 0.387 e. The Bertz CT molecular complexity index is 499. The molecule has 0 saturated carbocycles. The van der Waals surface area contributed by atoms with E-state index in [9.17, 15) is 0 Å². The standard InChI is InChI=1S/C12H14N4/c1-16-10(8-12(13)14)7-11(15-16)9-5-3-2-4-6-9/h2-7H,8H2,1H3,(H3,13,14). The number of benzene rings is 1. The second-order valence-electron chi connectivity index (χ2n) is 3.71. The van der Waals surface area contributed by atoms with E-state index < -0.39 is 0 Å². The summed E-state index contributed by atoms with van der Waals surface area (Å²) < 4.78 is 1.77. The van der Waals surface area contributed by atoms with Crippen molar-refractivity contribution in [3.63, 3.8) is 0 Å². The molecular formula is C12H14N4. The summed E-state index contributed by atoms with van der Waals surface area (Å²) in [6, 6.07) is 11.9. The number of aryl methyl sites for hydroxylation is 1. The highest BCUT2D eigenvalue weighted by Gasteiger charge is 2.07. The van der Waals surface area contributed by atoms with Crippen LogP contribution in [-0.2, 0) is 13.5 Å². The number of hydrogen-bond donors (Lipinski definition) is 2. The molecule has 1 aromatic heterocycles. The van der Waals surface area contributed by atoms with Gasteiger partial charge in [-0.2, -0.15) is 5.10 Å². The molecule has 0 atom stereocenters. The van der Waals surface area contributed by atoms with Crippen LogP contribution in [0.4, 0.5) is 0 Å². The zero-order valence-electron chi connectivity index (χ0n) is 9.14. The van der Waals surface area contributed by atoms with Crippen LogP contribution in [0.1, 0.15) is 5.69 Å². The van der Waals surface area contributed by atoms with Gasteiger partial charge in [-0.3, -0.25) is 10.1 Å². The molecule has 0 radical (unpaired) electrons. The summed E-state index contributed by atoms with van der Waals surface area (Å²) in [6.45, 7) is 0. The zero-order chi connectivity index (χ0) is 11.5. The highest BCUT2D eigenvalue weighted by Crippen LogP contribution is 2.18. The molecule has 0 amide bonds. The van der Waals surface area contributed by atoms with Crippen molar-refractivity contribution in [3.05, 3.63) is 42.1 Å². The van der Waals surface area contributed by atoms with Gasteiger partial charge in [0, 0.05) is 24.7 Å². The normalized spacial score (nSPS) is 10.3. The first-order chi connectivity index (χ1) is 7.66. The fourth-order valence-electron chi connectivity index (χ4n) is 1.62. The Hall–Kier alpha value is -2.10. The van der Waals surface area contributed by atoms with E-state index in [-0.39, 0.29) is 5.84 Å². The molecule has 0 aliphatic heterocycles. The van der Waals surface area contributed by atoms with Gasteiger partial charge in [-0.15, -0.1) is 0 Å². The summed E-state index contributed by atoms with van der Waals surface area (Å²) in [4.78, 5) is 0. The Kier molecular flexibility index (Phi) is 2.72. The van der Waals surface area contributed by atoms with Crippen molar-refractivity contribution < 1.29 is 0 Å². The van der Waals surface area contributed by atoms with Gasteiger partial charge in [-0.25, -0.2) is 0 Å². The smallest absolute Gasteiger partial charge is 0.0965 e. The van der Waals surface area contributed by atoms with Gasteiger partial charge in [0.05, 0.1) is 11.5 Å². The molecular weight excluding hydrogens is 200 g/mol. The van der Waals surface area contributed by atoms with E-state index in [2.05, 4.69) is 5.10 Å². The monoisotopic (exact) mass is 214 g/mol. The van der Waals surface area contributed by atoms with E-state index in [1.54, 1.807) is 4.68 Å². The van der Waals surface area contributed by atoms with Gasteiger partial charge in [0.1, 0.15) is 0 Å². The van der Waals surface area contributed by atoms with E-state index >= 15 is 0 Å². The lowest BCUT2D eigenvalue weighted by atomic mass is 10.1. The number of nitrogens with two attached hydrogens (primary N) is 1. The molecule has 2 rings (SSSR count). The average Bonchev–Trinajstić information content (AvgIpc) is 2.61. The summed E-state index contributed by atoms with van der Waals surface area (Å²) in [7, 11) is 1.87. The van der Waals surface area contributed by atoms with Crippen LogP contribution in [-0.4, -0.2) is 15.6 Å². The molecule has 2 aromatic rings. The van der Waals surface area contributed by atoms with E-state index in [1.165, 1.54) is 0 Å². The average molecular weight is 214 g/mol. The van der Waals surface area contributed by atoms with Crippen molar-refractivity contribution in [2.24, 2.45) is 12.8 Å². The third-order valence-electron chi connectivity index (χ3n) is 2.42. The maximum absolute atomic E-state index is 7.28. The highest BCUT2D eigenvalue weighted by atomic mass is 15.3. The summed E-state index contributed by atoms with van der Waals surface area (Å²) in [6.07, 6.45) is 0.441. The number of rotatable bonds is 3. The van der Waals surface area contributed by atoms with Crippen LogP contribution >= 0.6 is 0 Å². The van der Waals surface area contributed by atoms with Gasteiger partial charge in [0.2, 0.25) is 0 Å². The molecule has 0 unspecified atom stereocenters. The number of aromatic nitrogens is 2. The predicted molar refractivity (Wildman–Crippen MR) is 64.3 cm³/mol. The van der Waals surface area contributed by atoms with Crippen LogP contribution in [0.2, 0.25) is 0 Å². The second kappa shape index (κ2) is 4.18. The van der Waals surface area contributed by atoms with Crippen molar-refractivity contribution in [2.75, 3.05) is 0 Å². The maximum atomic E-state index is 7.28. The van der Waals surface area contributed by atoms with Crippen LogP contribution in [0.3, 0.4) is 0 Å². The Labute approximate surface area is 94.2 Å². The van der Waals surface area contributed by atoms with Gasteiger partial charge < -0.3 is 5.73 Å². The SMILES string of the molecule is Cn1nc(-c2ccccc2)cc1CC(=N)N. The molecule has 0 bridgehead atoms. The molecule has 4 heteroatoms. The van der Waals surface area contributed by atoms with Crippen molar-refractivity contribution in [3.8, 4) is 11.3 Å². The van der Waals surface area contributed by atoms with Crippen LogP contribution in [0.15, 0.2) is 36.4 Å². The van der Waals surface area contributed by atoms with Crippen molar-refractivity contribution in [2.45, 2.75) is 6.42 Å². The number of hydrogen-bond acceptors (Lipinski definition) is 2. The molecule has 0 aliphatic carbocycles. The quantitative estimate of drug-likeness (QED) is 0.601. The molecule has 1 aromatic carbocycles. The predicted octanol–water partition coefficient (Wildman–Crippen LogP) is 1.57. The lowest BCUT2D eigenvalue weighted by Crippen LogP contribution is -2.15. The fourth-order valence-corrected chi connectivity index (χ4v) is 1.62. The molecule has 0 fully saturated rings. The minimum Gasteiger partial charge on any atom is -0.387 e. The Morgan fingerprint density at radius 3 is 2.69 bits per heavy atom. The molecule has 4 nitrogen and oxygen atoms in total. The van der Waals surface area contributed by atoms with Gasteiger partial charge in [-0.1, -0.05) is 30.3 Å². The van der Waals surface area contributed by atoms with Gasteiger partial charge in [-0.05, 0) is 6.07 Å². The van der Waals surface area contributed by atoms with Crippen molar-refractivity contribution in [1.29, 1.82) is 5.41 Å². The van der Waals surface area contributed by atoms with Crippen LogP contribution in [0.25, 0.3) is 11.3 Å². The first-order valence-corrected chi connectivity index (χ1v) is 5.08. The van der Waals surface area contributed by atoms with E-state index in [1.807, 2.05) is 43.4 Å². The first-order valence-electron chi connectivity index (χ1n) is 5.08. The first kappa shape index (κ1) is 10.4. The third kappa shape index (κ3) is 2.11. The Balaban J connectivity index is 2.34. The molecule has 0 spiro atoms. The molecule has 0 aliphatic rings. The highest BCUT2D eigenvalue weighted by molar-refractivity contribution is 5.79. The lowest BCUT2D eigenvalue weighted by molar-refractivity contribution is 0.733. The second-order valence-corrected chi connectivity index (χ2v) is 3.71. The minimum absolute atomic E-state index is 0.155. The van der Waals surface area contributed by atoms with Crippen molar-refractivity contribution in [1.82, 2.24) is 9.78 Å². The Morgan fingerprint density at radius 1 is 1.38 bits per heavy atom. The fraction of sp³-hybridized carbons (Fsp3) is 0.167. The van der Waals surface area contributed by atoms with Crippen molar-refractivity contribution >= 4 is 5.84 Å². The van der Waals surface area contributed by atoms with Gasteiger partial charge in [0.25, 0.3) is 0 Å². The van der Waals surface area contributed by atoms with Gasteiger partial charge in [0.15, 0.2) is 0 Å². The molecule has 1 heterocycles. The summed E-state index contributed by atoms with van der Waals surface area (Å²) in [5.74, 6) is 0.155. The number of nitrogens with zero attached hydrogens (tertiary/aromatic N) is 2. The number of nitrogens with one attached hydrogen (secondary N) is 1. The third-order valence-corrected chi connectivity index (χ3v) is 2.42. The van der Waals surface area contributed by atoms with Crippen LogP contribution < -0.4 is 5.73 Å². The van der Waals surface area contributed by atoms with E-state index in [0.29, 0.717) is 6.42 Å². The van der Waals surface area contributed by atoms with E-state index in [0.717, 1.165) is 17.0 Å². The zero-order valence-corrected chi connectivity index (χ0v) is 9.14. The molecule has 16 heavy (non-hydrogen) atoms. The molecule has 82 valence electrons. The summed E-state index contributed by atoms with van der Waals surface area (Å²) in [5.41, 5.74) is 8.33.